The number of aryl methyl sites for hydroxylation is 2. The predicted molar refractivity (Wildman–Crippen MR) is 100 cm³/mol. The van der Waals surface area contributed by atoms with Crippen LogP contribution in [0.2, 0.25) is 0 Å². The Kier molecular flexibility index (Phi) is 5.44. The van der Waals surface area contributed by atoms with E-state index in [2.05, 4.69) is 16.3 Å². The summed E-state index contributed by atoms with van der Waals surface area (Å²) in [6.07, 6.45) is 1.31. The molecule has 0 saturated carbocycles. The van der Waals surface area contributed by atoms with Gasteiger partial charge in [-0.25, -0.2) is 0 Å². The van der Waals surface area contributed by atoms with E-state index in [9.17, 15) is 9.90 Å². The van der Waals surface area contributed by atoms with Crippen LogP contribution in [0, 0.1) is 13.8 Å². The summed E-state index contributed by atoms with van der Waals surface area (Å²) < 4.78 is 0. The first kappa shape index (κ1) is 18.6. The Bertz CT molecular complexity index is 773. The van der Waals surface area contributed by atoms with Crippen molar-refractivity contribution in [2.45, 2.75) is 45.4 Å². The van der Waals surface area contributed by atoms with E-state index in [0.29, 0.717) is 32.6 Å². The van der Waals surface area contributed by atoms with Gasteiger partial charge in [0.05, 0.1) is 5.69 Å². The fourth-order valence-corrected chi connectivity index (χ4v) is 3.73. The van der Waals surface area contributed by atoms with Crippen LogP contribution in [0.4, 0.5) is 0 Å². The molecule has 1 atom stereocenters. The number of benzene rings is 1. The highest BCUT2D eigenvalue weighted by atomic mass is 16.3. The van der Waals surface area contributed by atoms with Crippen molar-refractivity contribution >= 4 is 5.91 Å². The van der Waals surface area contributed by atoms with E-state index in [4.69, 9.17) is 0 Å². The SMILES string of the molecule is Cc1cccc(CN2CCC[C@@](O)(CN(C)Cc3cc(C)[nH]n3)C2=O)c1. The Balaban J connectivity index is 1.65. The van der Waals surface area contributed by atoms with Crippen LogP contribution >= 0.6 is 0 Å². The van der Waals surface area contributed by atoms with Gasteiger partial charge in [0.2, 0.25) is 0 Å². The van der Waals surface area contributed by atoms with Crippen molar-refractivity contribution in [2.75, 3.05) is 20.1 Å². The molecule has 3 rings (SSSR count). The number of amides is 1. The van der Waals surface area contributed by atoms with Gasteiger partial charge in [-0.2, -0.15) is 5.10 Å². The lowest BCUT2D eigenvalue weighted by Crippen LogP contribution is -2.57. The lowest BCUT2D eigenvalue weighted by Gasteiger charge is -2.40. The lowest BCUT2D eigenvalue weighted by atomic mass is 9.90. The highest BCUT2D eigenvalue weighted by Crippen LogP contribution is 2.25. The zero-order valence-corrected chi connectivity index (χ0v) is 15.8. The number of aromatic amines is 1. The van der Waals surface area contributed by atoms with Crippen molar-refractivity contribution in [3.63, 3.8) is 0 Å². The molecular weight excluding hydrogens is 328 g/mol. The second kappa shape index (κ2) is 7.60. The Labute approximate surface area is 154 Å². The van der Waals surface area contributed by atoms with E-state index in [1.54, 1.807) is 4.90 Å². The molecule has 0 aliphatic carbocycles. The van der Waals surface area contributed by atoms with Crippen molar-refractivity contribution in [1.29, 1.82) is 0 Å². The normalized spacial score (nSPS) is 20.8. The van der Waals surface area contributed by atoms with Crippen molar-refractivity contribution in [3.05, 3.63) is 52.8 Å². The number of H-pyrrole nitrogens is 1. The molecule has 2 aromatic rings. The van der Waals surface area contributed by atoms with Gasteiger partial charge in [0, 0.05) is 31.9 Å². The predicted octanol–water partition coefficient (Wildman–Crippen LogP) is 2.01. The molecule has 0 unspecified atom stereocenters. The number of likely N-dealkylation sites (tertiary alicyclic amines) is 1. The average molecular weight is 356 g/mol. The zero-order valence-electron chi connectivity index (χ0n) is 15.8. The molecule has 2 N–H and O–H groups in total. The fourth-order valence-electron chi connectivity index (χ4n) is 3.73. The van der Waals surface area contributed by atoms with E-state index < -0.39 is 5.60 Å². The van der Waals surface area contributed by atoms with Gasteiger partial charge >= 0.3 is 0 Å². The summed E-state index contributed by atoms with van der Waals surface area (Å²) in [6.45, 7) is 6.14. The molecule has 140 valence electrons. The molecule has 0 bridgehead atoms. The number of piperidine rings is 1. The monoisotopic (exact) mass is 356 g/mol. The van der Waals surface area contributed by atoms with Crippen LogP contribution in [0.15, 0.2) is 30.3 Å². The molecule has 1 saturated heterocycles. The Morgan fingerprint density at radius 3 is 2.85 bits per heavy atom. The molecule has 2 heterocycles. The van der Waals surface area contributed by atoms with Gasteiger partial charge in [-0.1, -0.05) is 29.8 Å². The Morgan fingerprint density at radius 2 is 2.15 bits per heavy atom. The maximum Gasteiger partial charge on any atom is 0.256 e. The van der Waals surface area contributed by atoms with Gasteiger partial charge in [-0.3, -0.25) is 14.8 Å². The molecule has 1 fully saturated rings. The van der Waals surface area contributed by atoms with E-state index in [-0.39, 0.29) is 5.91 Å². The quantitative estimate of drug-likeness (QED) is 0.830. The molecule has 0 spiro atoms. The first-order chi connectivity index (χ1) is 12.4. The number of carbonyl (C=O) groups is 1. The van der Waals surface area contributed by atoms with E-state index in [1.807, 2.05) is 50.1 Å². The number of carbonyl (C=O) groups excluding carboxylic acids is 1. The summed E-state index contributed by atoms with van der Waals surface area (Å²) >= 11 is 0. The number of hydrogen-bond donors (Lipinski definition) is 2. The average Bonchev–Trinajstić information content (AvgIpc) is 2.97. The Morgan fingerprint density at radius 1 is 1.35 bits per heavy atom. The summed E-state index contributed by atoms with van der Waals surface area (Å²) in [5.74, 6) is -0.171. The number of rotatable bonds is 6. The number of hydrogen-bond acceptors (Lipinski definition) is 4. The maximum atomic E-state index is 13.0. The molecule has 1 aliphatic rings. The molecule has 6 heteroatoms. The third-order valence-corrected chi connectivity index (χ3v) is 4.88. The summed E-state index contributed by atoms with van der Waals surface area (Å²) in [6, 6.07) is 10.1. The molecular formula is C20H28N4O2. The number of nitrogens with one attached hydrogen (secondary N) is 1. The number of likely N-dealkylation sites (N-methyl/N-ethyl adjacent to an activating group) is 1. The summed E-state index contributed by atoms with van der Waals surface area (Å²) in [4.78, 5) is 16.7. The van der Waals surface area contributed by atoms with E-state index in [1.165, 1.54) is 5.56 Å². The van der Waals surface area contributed by atoms with Crippen LogP contribution in [-0.2, 0) is 17.9 Å². The summed E-state index contributed by atoms with van der Waals surface area (Å²) in [5, 5.41) is 18.2. The number of nitrogens with zero attached hydrogens (tertiary/aromatic N) is 3. The first-order valence-corrected chi connectivity index (χ1v) is 9.12. The van der Waals surface area contributed by atoms with Gasteiger partial charge in [0.15, 0.2) is 5.60 Å². The number of aromatic nitrogens is 2. The Hall–Kier alpha value is -2.18. The third-order valence-electron chi connectivity index (χ3n) is 4.88. The zero-order chi connectivity index (χ0) is 18.7. The van der Waals surface area contributed by atoms with Crippen molar-refractivity contribution in [2.24, 2.45) is 0 Å². The van der Waals surface area contributed by atoms with Crippen LogP contribution in [-0.4, -0.2) is 56.7 Å². The highest BCUT2D eigenvalue weighted by molar-refractivity contribution is 5.86. The topological polar surface area (TPSA) is 72.5 Å². The van der Waals surface area contributed by atoms with Crippen molar-refractivity contribution in [3.8, 4) is 0 Å². The van der Waals surface area contributed by atoms with Gasteiger partial charge in [0.1, 0.15) is 0 Å². The van der Waals surface area contributed by atoms with Gasteiger partial charge < -0.3 is 10.0 Å². The van der Waals surface area contributed by atoms with E-state index in [0.717, 1.165) is 23.4 Å². The lowest BCUT2D eigenvalue weighted by molar-refractivity contribution is -0.160. The van der Waals surface area contributed by atoms with Crippen molar-refractivity contribution < 1.29 is 9.90 Å². The smallest absolute Gasteiger partial charge is 0.256 e. The summed E-state index contributed by atoms with van der Waals surface area (Å²) in [5.41, 5.74) is 2.86. The van der Waals surface area contributed by atoms with Gasteiger partial charge in [0.25, 0.3) is 5.91 Å². The summed E-state index contributed by atoms with van der Waals surface area (Å²) in [7, 11) is 1.91. The van der Waals surface area contributed by atoms with Crippen LogP contribution in [0.3, 0.4) is 0 Å². The molecule has 26 heavy (non-hydrogen) atoms. The molecule has 0 radical (unpaired) electrons. The highest BCUT2D eigenvalue weighted by Gasteiger charge is 2.42. The maximum absolute atomic E-state index is 13.0. The van der Waals surface area contributed by atoms with Crippen LogP contribution < -0.4 is 0 Å². The van der Waals surface area contributed by atoms with Gasteiger partial charge in [-0.15, -0.1) is 0 Å². The minimum atomic E-state index is -1.33. The van der Waals surface area contributed by atoms with Crippen molar-refractivity contribution in [1.82, 2.24) is 20.0 Å². The molecule has 1 aromatic heterocycles. The second-order valence-electron chi connectivity index (χ2n) is 7.57. The van der Waals surface area contributed by atoms with Gasteiger partial charge in [-0.05, 0) is 45.4 Å². The molecule has 1 amide bonds. The van der Waals surface area contributed by atoms with Crippen LogP contribution in [0.5, 0.6) is 0 Å². The fraction of sp³-hybridized carbons (Fsp3) is 0.500. The molecule has 1 aromatic carbocycles. The number of aliphatic hydroxyl groups is 1. The largest absolute Gasteiger partial charge is 0.379 e. The standard InChI is InChI=1S/C20H28N4O2/c1-15-6-4-7-17(10-15)12-24-9-5-8-20(26,19(24)25)14-23(3)13-18-11-16(2)21-22-18/h4,6-7,10-11,26H,5,8-9,12-14H2,1-3H3,(H,21,22)/t20-/m1/s1. The minimum Gasteiger partial charge on any atom is -0.379 e. The minimum absolute atomic E-state index is 0.171. The second-order valence-corrected chi connectivity index (χ2v) is 7.57. The van der Waals surface area contributed by atoms with Crippen LogP contribution in [0.25, 0.3) is 0 Å². The first-order valence-electron chi connectivity index (χ1n) is 9.12. The van der Waals surface area contributed by atoms with E-state index >= 15 is 0 Å². The molecule has 1 aliphatic heterocycles. The van der Waals surface area contributed by atoms with Crippen LogP contribution in [0.1, 0.15) is 35.4 Å². The third kappa shape index (κ3) is 4.31. The molecule has 6 nitrogen and oxygen atoms in total.